The topological polar surface area (TPSA) is 68.5 Å². The number of nitrogens with one attached hydrogen (secondary N) is 1. The normalized spacial score (nSPS) is 11.0. The standard InChI is InChI=1S/C21H16N6S/c1-2-6-16(7-3-1)19-25-20(23-12-15-5-4-9-22-11-15)18-21(26-19)27(14-24-18)17-8-10-28-13-17/h1-11,13-14H,12H2,(H,23,25,26). The lowest BCUT2D eigenvalue weighted by atomic mass is 10.2. The minimum atomic E-state index is 0.611. The number of nitrogens with zero attached hydrogens (tertiary/aromatic N) is 5. The second-order valence-corrected chi connectivity index (χ2v) is 7.03. The summed E-state index contributed by atoms with van der Waals surface area (Å²) in [5.41, 5.74) is 4.61. The Kier molecular flexibility index (Phi) is 4.27. The molecule has 0 aliphatic carbocycles. The first-order valence-corrected chi connectivity index (χ1v) is 9.78. The predicted octanol–water partition coefficient (Wildman–Crippen LogP) is 4.55. The second-order valence-electron chi connectivity index (χ2n) is 6.25. The summed E-state index contributed by atoms with van der Waals surface area (Å²) in [5.74, 6) is 1.38. The molecular weight excluding hydrogens is 368 g/mol. The lowest BCUT2D eigenvalue weighted by molar-refractivity contribution is 1.06. The summed E-state index contributed by atoms with van der Waals surface area (Å²) >= 11 is 1.64. The maximum absolute atomic E-state index is 4.82. The monoisotopic (exact) mass is 384 g/mol. The molecule has 7 heteroatoms. The number of thiophene rings is 1. The van der Waals surface area contributed by atoms with Crippen molar-refractivity contribution < 1.29 is 0 Å². The van der Waals surface area contributed by atoms with Crippen LogP contribution in [-0.2, 0) is 6.54 Å². The van der Waals surface area contributed by atoms with Crippen LogP contribution in [0, 0.1) is 0 Å². The van der Waals surface area contributed by atoms with Gasteiger partial charge in [-0.1, -0.05) is 36.4 Å². The van der Waals surface area contributed by atoms with Crippen molar-refractivity contribution in [3.05, 3.63) is 83.6 Å². The fraction of sp³-hybridized carbons (Fsp3) is 0.0476. The molecule has 28 heavy (non-hydrogen) atoms. The largest absolute Gasteiger partial charge is 0.364 e. The van der Waals surface area contributed by atoms with Gasteiger partial charge in [0.1, 0.15) is 6.33 Å². The van der Waals surface area contributed by atoms with Gasteiger partial charge in [0.2, 0.25) is 0 Å². The van der Waals surface area contributed by atoms with E-state index in [0.29, 0.717) is 18.2 Å². The number of aromatic nitrogens is 5. The van der Waals surface area contributed by atoms with E-state index < -0.39 is 0 Å². The molecule has 1 N–H and O–H groups in total. The van der Waals surface area contributed by atoms with Gasteiger partial charge in [-0.2, -0.15) is 11.3 Å². The maximum Gasteiger partial charge on any atom is 0.170 e. The first-order chi connectivity index (χ1) is 13.9. The average molecular weight is 384 g/mol. The van der Waals surface area contributed by atoms with Crippen molar-refractivity contribution in [2.75, 3.05) is 5.32 Å². The minimum Gasteiger partial charge on any atom is -0.364 e. The van der Waals surface area contributed by atoms with Gasteiger partial charge in [-0.15, -0.1) is 0 Å². The summed E-state index contributed by atoms with van der Waals surface area (Å²) in [6.07, 6.45) is 5.40. The van der Waals surface area contributed by atoms with Crippen molar-refractivity contribution in [1.82, 2.24) is 24.5 Å². The van der Waals surface area contributed by atoms with Gasteiger partial charge in [-0.3, -0.25) is 9.55 Å². The van der Waals surface area contributed by atoms with Crippen LogP contribution in [0.3, 0.4) is 0 Å². The molecule has 4 aromatic heterocycles. The SMILES string of the molecule is c1ccc(-c2nc(NCc3cccnc3)c3ncn(-c4ccsc4)c3n2)cc1. The molecule has 4 heterocycles. The first kappa shape index (κ1) is 16.6. The van der Waals surface area contributed by atoms with Gasteiger partial charge < -0.3 is 5.32 Å². The predicted molar refractivity (Wildman–Crippen MR) is 112 cm³/mol. The number of anilines is 1. The Morgan fingerprint density at radius 3 is 2.71 bits per heavy atom. The first-order valence-electron chi connectivity index (χ1n) is 8.84. The smallest absolute Gasteiger partial charge is 0.170 e. The van der Waals surface area contributed by atoms with E-state index in [1.165, 1.54) is 0 Å². The molecule has 0 aliphatic heterocycles. The van der Waals surface area contributed by atoms with E-state index in [1.807, 2.05) is 58.6 Å². The van der Waals surface area contributed by atoms with E-state index in [1.54, 1.807) is 23.9 Å². The van der Waals surface area contributed by atoms with Gasteiger partial charge in [0.25, 0.3) is 0 Å². The molecule has 0 fully saturated rings. The fourth-order valence-corrected chi connectivity index (χ4v) is 3.64. The van der Waals surface area contributed by atoms with Gasteiger partial charge in [-0.25, -0.2) is 15.0 Å². The molecule has 0 atom stereocenters. The number of fused-ring (bicyclic) bond motifs is 1. The molecule has 0 aliphatic rings. The average Bonchev–Trinajstić information content (AvgIpc) is 3.43. The zero-order valence-electron chi connectivity index (χ0n) is 14.9. The third-order valence-corrected chi connectivity index (χ3v) is 5.07. The van der Waals surface area contributed by atoms with E-state index in [2.05, 4.69) is 26.7 Å². The molecule has 0 saturated carbocycles. The molecule has 6 nitrogen and oxygen atoms in total. The van der Waals surface area contributed by atoms with Crippen LogP contribution in [0.1, 0.15) is 5.56 Å². The summed E-state index contributed by atoms with van der Waals surface area (Å²) < 4.78 is 2.00. The lowest BCUT2D eigenvalue weighted by Crippen LogP contribution is -2.05. The summed E-state index contributed by atoms with van der Waals surface area (Å²) in [6.45, 7) is 0.611. The van der Waals surface area contributed by atoms with Crippen LogP contribution in [0.25, 0.3) is 28.2 Å². The maximum atomic E-state index is 4.82. The van der Waals surface area contributed by atoms with Gasteiger partial charge in [0.05, 0.1) is 5.69 Å². The van der Waals surface area contributed by atoms with E-state index in [0.717, 1.165) is 28.0 Å². The highest BCUT2D eigenvalue weighted by molar-refractivity contribution is 7.08. The van der Waals surface area contributed by atoms with Crippen molar-refractivity contribution >= 4 is 28.3 Å². The summed E-state index contributed by atoms with van der Waals surface area (Å²) in [4.78, 5) is 18.3. The zero-order valence-corrected chi connectivity index (χ0v) is 15.7. The molecule has 0 radical (unpaired) electrons. The van der Waals surface area contributed by atoms with E-state index in [9.17, 15) is 0 Å². The van der Waals surface area contributed by atoms with Crippen molar-refractivity contribution in [3.63, 3.8) is 0 Å². The Hall–Kier alpha value is -3.58. The number of rotatable bonds is 5. The summed E-state index contributed by atoms with van der Waals surface area (Å²) in [6, 6.07) is 16.0. The molecule has 1 aromatic carbocycles. The molecule has 0 spiro atoms. The zero-order chi connectivity index (χ0) is 18.8. The number of hydrogen-bond donors (Lipinski definition) is 1. The molecule has 0 bridgehead atoms. The lowest BCUT2D eigenvalue weighted by Gasteiger charge is -2.09. The highest BCUT2D eigenvalue weighted by Gasteiger charge is 2.15. The van der Waals surface area contributed by atoms with Gasteiger partial charge in [0, 0.05) is 29.9 Å². The van der Waals surface area contributed by atoms with Crippen LogP contribution in [0.5, 0.6) is 0 Å². The van der Waals surface area contributed by atoms with Crippen LogP contribution in [0.2, 0.25) is 0 Å². The van der Waals surface area contributed by atoms with Crippen LogP contribution in [0.15, 0.2) is 78.0 Å². The second kappa shape index (κ2) is 7.21. The highest BCUT2D eigenvalue weighted by atomic mass is 32.1. The Bertz CT molecular complexity index is 1200. The Labute approximate surface area is 165 Å². The molecule has 136 valence electrons. The number of benzene rings is 1. The minimum absolute atomic E-state index is 0.611. The molecule has 0 saturated heterocycles. The van der Waals surface area contributed by atoms with Crippen molar-refractivity contribution in [2.45, 2.75) is 6.54 Å². The van der Waals surface area contributed by atoms with Gasteiger partial charge in [0.15, 0.2) is 22.8 Å². The quantitative estimate of drug-likeness (QED) is 0.481. The van der Waals surface area contributed by atoms with E-state index in [-0.39, 0.29) is 0 Å². The Morgan fingerprint density at radius 1 is 1.00 bits per heavy atom. The van der Waals surface area contributed by atoms with Gasteiger partial charge in [-0.05, 0) is 23.1 Å². The van der Waals surface area contributed by atoms with E-state index >= 15 is 0 Å². The Balaban J connectivity index is 1.63. The molecule has 5 aromatic rings. The molecule has 0 unspecified atom stereocenters. The van der Waals surface area contributed by atoms with Crippen LogP contribution < -0.4 is 5.32 Å². The number of pyridine rings is 1. The third-order valence-electron chi connectivity index (χ3n) is 4.40. The molecule has 5 rings (SSSR count). The Morgan fingerprint density at radius 2 is 1.93 bits per heavy atom. The molecular formula is C21H16N6S. The van der Waals surface area contributed by atoms with Crippen LogP contribution >= 0.6 is 11.3 Å². The molecule has 0 amide bonds. The van der Waals surface area contributed by atoms with Crippen molar-refractivity contribution in [2.24, 2.45) is 0 Å². The van der Waals surface area contributed by atoms with Crippen molar-refractivity contribution in [3.8, 4) is 17.1 Å². The third kappa shape index (κ3) is 3.12. The summed E-state index contributed by atoms with van der Waals surface area (Å²) in [5, 5.41) is 7.53. The fourth-order valence-electron chi connectivity index (χ4n) is 3.01. The van der Waals surface area contributed by atoms with Crippen molar-refractivity contribution in [1.29, 1.82) is 0 Å². The summed E-state index contributed by atoms with van der Waals surface area (Å²) in [7, 11) is 0. The van der Waals surface area contributed by atoms with Gasteiger partial charge >= 0.3 is 0 Å². The number of hydrogen-bond acceptors (Lipinski definition) is 6. The van der Waals surface area contributed by atoms with Crippen LogP contribution in [-0.4, -0.2) is 24.5 Å². The highest BCUT2D eigenvalue weighted by Crippen LogP contribution is 2.27. The van der Waals surface area contributed by atoms with Crippen LogP contribution in [0.4, 0.5) is 5.82 Å². The number of imidazole rings is 1. The van der Waals surface area contributed by atoms with E-state index in [4.69, 9.17) is 9.97 Å².